The SMILES string of the molecule is CCCCCCCCCCCCCCCC(O)C(CCC/C=C\C(C)C)C(=O)NCc1ccc(O)c(OC)c1. The second-order valence-corrected chi connectivity index (χ2v) is 11.5. The second kappa shape index (κ2) is 22.8. The molecule has 2 atom stereocenters. The van der Waals surface area contributed by atoms with Crippen LogP contribution < -0.4 is 10.1 Å². The Balaban J connectivity index is 2.40. The monoisotopic (exact) mass is 545 g/mol. The van der Waals surface area contributed by atoms with Gasteiger partial charge in [0.1, 0.15) is 0 Å². The Bertz CT molecular complexity index is 776. The molecule has 1 aromatic carbocycles. The van der Waals surface area contributed by atoms with Crippen LogP contribution in [-0.4, -0.2) is 29.3 Å². The van der Waals surface area contributed by atoms with Crippen LogP contribution in [0.15, 0.2) is 30.4 Å². The molecule has 2 unspecified atom stereocenters. The fourth-order valence-corrected chi connectivity index (χ4v) is 5.05. The number of allylic oxidation sites excluding steroid dienone is 2. The molecule has 0 aromatic heterocycles. The molecule has 0 fully saturated rings. The number of rotatable bonds is 24. The van der Waals surface area contributed by atoms with Gasteiger partial charge in [-0.1, -0.05) is 122 Å². The average molecular weight is 546 g/mol. The van der Waals surface area contributed by atoms with Crippen LogP contribution >= 0.6 is 0 Å². The van der Waals surface area contributed by atoms with E-state index in [4.69, 9.17) is 4.74 Å². The number of aliphatic hydroxyl groups excluding tert-OH is 1. The summed E-state index contributed by atoms with van der Waals surface area (Å²) in [5, 5.41) is 23.8. The highest BCUT2D eigenvalue weighted by molar-refractivity contribution is 5.79. The van der Waals surface area contributed by atoms with Gasteiger partial charge in [0.05, 0.1) is 19.1 Å². The van der Waals surface area contributed by atoms with Crippen LogP contribution in [0.2, 0.25) is 0 Å². The lowest BCUT2D eigenvalue weighted by Crippen LogP contribution is -2.37. The van der Waals surface area contributed by atoms with E-state index in [0.29, 0.717) is 31.1 Å². The molecule has 0 aliphatic carbocycles. The Labute approximate surface area is 239 Å². The maximum atomic E-state index is 13.1. The third-order valence-corrected chi connectivity index (χ3v) is 7.52. The van der Waals surface area contributed by atoms with Gasteiger partial charge in [0.2, 0.25) is 5.91 Å². The van der Waals surface area contributed by atoms with Gasteiger partial charge in [0, 0.05) is 6.54 Å². The minimum absolute atomic E-state index is 0.0770. The fraction of sp³-hybridized carbons (Fsp3) is 0.735. The highest BCUT2D eigenvalue weighted by Gasteiger charge is 2.26. The molecule has 1 aromatic rings. The molecule has 0 radical (unpaired) electrons. The zero-order valence-corrected chi connectivity index (χ0v) is 25.6. The molecule has 0 aliphatic rings. The summed E-state index contributed by atoms with van der Waals surface area (Å²) in [6.07, 6.45) is 23.7. The molecule has 0 saturated heterocycles. The van der Waals surface area contributed by atoms with E-state index in [-0.39, 0.29) is 11.7 Å². The number of amides is 1. The van der Waals surface area contributed by atoms with Gasteiger partial charge in [-0.15, -0.1) is 0 Å². The van der Waals surface area contributed by atoms with Crippen LogP contribution in [0, 0.1) is 11.8 Å². The molecular formula is C34H59NO4. The first kappa shape index (κ1) is 35.0. The van der Waals surface area contributed by atoms with Crippen molar-refractivity contribution in [3.63, 3.8) is 0 Å². The number of nitrogens with one attached hydrogen (secondary N) is 1. The highest BCUT2D eigenvalue weighted by Crippen LogP contribution is 2.26. The summed E-state index contributed by atoms with van der Waals surface area (Å²) in [6.45, 7) is 6.92. The first-order chi connectivity index (χ1) is 18.9. The largest absolute Gasteiger partial charge is 0.504 e. The molecule has 0 heterocycles. The molecule has 0 spiro atoms. The smallest absolute Gasteiger partial charge is 0.225 e. The van der Waals surface area contributed by atoms with E-state index in [9.17, 15) is 15.0 Å². The van der Waals surface area contributed by atoms with Crippen molar-refractivity contribution >= 4 is 5.91 Å². The normalized spacial score (nSPS) is 13.2. The zero-order chi connectivity index (χ0) is 28.7. The molecule has 0 saturated carbocycles. The highest BCUT2D eigenvalue weighted by atomic mass is 16.5. The molecule has 1 rings (SSSR count). The standard InChI is InChI=1S/C34H59NO4/c1-5-6-7-8-9-10-11-12-13-14-15-16-20-23-31(36)30(22-19-17-18-21-28(2)3)34(38)35-27-29-24-25-32(37)33(26-29)39-4/h18,21,24-26,28,30-31,36-37H,5-17,19-20,22-23,27H2,1-4H3,(H,35,38)/b21-18-. The number of benzene rings is 1. The van der Waals surface area contributed by atoms with E-state index >= 15 is 0 Å². The van der Waals surface area contributed by atoms with Crippen molar-refractivity contribution in [2.24, 2.45) is 11.8 Å². The van der Waals surface area contributed by atoms with Gasteiger partial charge in [-0.3, -0.25) is 4.79 Å². The van der Waals surface area contributed by atoms with Crippen LogP contribution in [0.25, 0.3) is 0 Å². The summed E-state index contributed by atoms with van der Waals surface area (Å²) in [5.41, 5.74) is 0.850. The maximum absolute atomic E-state index is 13.1. The summed E-state index contributed by atoms with van der Waals surface area (Å²) in [7, 11) is 1.51. The van der Waals surface area contributed by atoms with E-state index in [1.165, 1.54) is 77.7 Å². The Morgan fingerprint density at radius 1 is 0.897 bits per heavy atom. The second-order valence-electron chi connectivity index (χ2n) is 11.5. The third kappa shape index (κ3) is 17.3. The molecule has 0 aliphatic heterocycles. The van der Waals surface area contributed by atoms with E-state index < -0.39 is 12.0 Å². The van der Waals surface area contributed by atoms with E-state index in [0.717, 1.165) is 31.2 Å². The predicted molar refractivity (Wildman–Crippen MR) is 164 cm³/mol. The Kier molecular flexibility index (Phi) is 20.4. The molecule has 39 heavy (non-hydrogen) atoms. The number of carbonyl (C=O) groups is 1. The number of phenolic OH excluding ortho intramolecular Hbond substituents is 1. The number of carbonyl (C=O) groups excluding carboxylic acids is 1. The first-order valence-corrected chi connectivity index (χ1v) is 15.9. The van der Waals surface area contributed by atoms with Crippen molar-refractivity contribution in [2.45, 2.75) is 143 Å². The Morgan fingerprint density at radius 3 is 2.05 bits per heavy atom. The Morgan fingerprint density at radius 2 is 1.49 bits per heavy atom. The lowest BCUT2D eigenvalue weighted by molar-refractivity contribution is -0.129. The number of hydrogen-bond donors (Lipinski definition) is 3. The van der Waals surface area contributed by atoms with Crippen LogP contribution in [0.3, 0.4) is 0 Å². The number of unbranched alkanes of at least 4 members (excludes halogenated alkanes) is 13. The van der Waals surface area contributed by atoms with Crippen molar-refractivity contribution in [1.29, 1.82) is 0 Å². The van der Waals surface area contributed by atoms with Crippen molar-refractivity contribution in [2.75, 3.05) is 7.11 Å². The molecule has 1 amide bonds. The van der Waals surface area contributed by atoms with Crippen LogP contribution in [0.1, 0.15) is 135 Å². The van der Waals surface area contributed by atoms with Gasteiger partial charge in [0.15, 0.2) is 11.5 Å². The van der Waals surface area contributed by atoms with Crippen molar-refractivity contribution in [1.82, 2.24) is 5.32 Å². The number of phenols is 1. The Hall–Kier alpha value is -2.01. The van der Waals surface area contributed by atoms with E-state index in [1.54, 1.807) is 18.2 Å². The summed E-state index contributed by atoms with van der Waals surface area (Å²) in [4.78, 5) is 13.1. The number of aromatic hydroxyl groups is 1. The van der Waals surface area contributed by atoms with Crippen LogP contribution in [-0.2, 0) is 11.3 Å². The molecule has 3 N–H and O–H groups in total. The van der Waals surface area contributed by atoms with E-state index in [1.807, 2.05) is 0 Å². The number of hydrogen-bond acceptors (Lipinski definition) is 4. The molecule has 0 bridgehead atoms. The van der Waals surface area contributed by atoms with Gasteiger partial charge in [0.25, 0.3) is 0 Å². The lowest BCUT2D eigenvalue weighted by Gasteiger charge is -2.22. The lowest BCUT2D eigenvalue weighted by atomic mass is 9.91. The molecule has 5 heteroatoms. The van der Waals surface area contributed by atoms with Gasteiger partial charge in [-0.05, 0) is 49.3 Å². The van der Waals surface area contributed by atoms with Gasteiger partial charge in [-0.25, -0.2) is 0 Å². The maximum Gasteiger partial charge on any atom is 0.225 e. The zero-order valence-electron chi connectivity index (χ0n) is 25.6. The summed E-state index contributed by atoms with van der Waals surface area (Å²) in [6, 6.07) is 5.07. The van der Waals surface area contributed by atoms with Crippen LogP contribution in [0.4, 0.5) is 0 Å². The molecular weight excluding hydrogens is 486 g/mol. The van der Waals surface area contributed by atoms with Crippen molar-refractivity contribution < 1.29 is 19.7 Å². The molecule has 224 valence electrons. The van der Waals surface area contributed by atoms with Gasteiger partial charge in [-0.2, -0.15) is 0 Å². The quantitative estimate of drug-likeness (QED) is 0.0895. The fourth-order valence-electron chi connectivity index (χ4n) is 5.05. The average Bonchev–Trinajstić information content (AvgIpc) is 2.92. The predicted octanol–water partition coefficient (Wildman–Crippen LogP) is 8.86. The van der Waals surface area contributed by atoms with Crippen molar-refractivity contribution in [3.05, 3.63) is 35.9 Å². The first-order valence-electron chi connectivity index (χ1n) is 15.9. The van der Waals surface area contributed by atoms with E-state index in [2.05, 4.69) is 38.2 Å². The minimum Gasteiger partial charge on any atom is -0.504 e. The number of aliphatic hydroxyl groups is 1. The van der Waals surface area contributed by atoms with Crippen molar-refractivity contribution in [3.8, 4) is 11.5 Å². The summed E-state index contributed by atoms with van der Waals surface area (Å²) in [5.74, 6) is 0.476. The number of methoxy groups -OCH3 is 1. The topological polar surface area (TPSA) is 78.8 Å². The minimum atomic E-state index is -0.624. The number of ether oxygens (including phenoxy) is 1. The van der Waals surface area contributed by atoms with Gasteiger partial charge < -0.3 is 20.3 Å². The van der Waals surface area contributed by atoms with Gasteiger partial charge >= 0.3 is 0 Å². The summed E-state index contributed by atoms with van der Waals surface area (Å²) >= 11 is 0. The summed E-state index contributed by atoms with van der Waals surface area (Å²) < 4.78 is 5.17. The molecule has 5 nitrogen and oxygen atoms in total. The third-order valence-electron chi connectivity index (χ3n) is 7.52. The van der Waals surface area contributed by atoms with Crippen LogP contribution in [0.5, 0.6) is 11.5 Å².